The van der Waals surface area contributed by atoms with Crippen LogP contribution < -0.4 is 10.5 Å². The van der Waals surface area contributed by atoms with Crippen molar-refractivity contribution >= 4 is 0 Å². The molecule has 0 atom stereocenters. The molecular formula is C15H25NO2. The summed E-state index contributed by atoms with van der Waals surface area (Å²) in [6.45, 7) is 7.39. The third kappa shape index (κ3) is 3.47. The number of hydrogen-bond acceptors (Lipinski definition) is 3. The molecule has 0 fully saturated rings. The lowest BCUT2D eigenvalue weighted by molar-refractivity contribution is -0.0558. The predicted octanol–water partition coefficient (Wildman–Crippen LogP) is 3.04. The minimum atomic E-state index is -0.214. The van der Waals surface area contributed by atoms with Crippen molar-refractivity contribution in [1.29, 1.82) is 0 Å². The Hall–Kier alpha value is -1.06. The molecule has 0 aromatic heterocycles. The maximum atomic E-state index is 6.06. The highest BCUT2D eigenvalue weighted by atomic mass is 16.5. The van der Waals surface area contributed by atoms with Crippen LogP contribution in [0.5, 0.6) is 5.75 Å². The van der Waals surface area contributed by atoms with Crippen LogP contribution in [-0.4, -0.2) is 19.3 Å². The minimum Gasteiger partial charge on any atom is -0.496 e. The summed E-state index contributed by atoms with van der Waals surface area (Å²) >= 11 is 0. The van der Waals surface area contributed by atoms with Gasteiger partial charge in [0.2, 0.25) is 0 Å². The van der Waals surface area contributed by atoms with Crippen LogP contribution in [0.1, 0.15) is 37.8 Å². The summed E-state index contributed by atoms with van der Waals surface area (Å²) in [5.41, 5.74) is 7.91. The molecule has 1 aromatic carbocycles. The van der Waals surface area contributed by atoms with Gasteiger partial charge in [0, 0.05) is 12.1 Å². The second-order valence-electron chi connectivity index (χ2n) is 4.70. The van der Waals surface area contributed by atoms with Gasteiger partial charge in [0.1, 0.15) is 5.75 Å². The summed E-state index contributed by atoms with van der Waals surface area (Å²) in [6, 6.07) is 6.12. The Morgan fingerprint density at radius 1 is 1.22 bits per heavy atom. The summed E-state index contributed by atoms with van der Waals surface area (Å²) in [5.74, 6) is 0.874. The highest BCUT2D eigenvalue weighted by Gasteiger charge is 2.25. The first-order valence-electron chi connectivity index (χ1n) is 6.58. The van der Waals surface area contributed by atoms with E-state index in [-0.39, 0.29) is 5.60 Å². The number of nitrogens with two attached hydrogens (primary N) is 1. The highest BCUT2D eigenvalue weighted by molar-refractivity contribution is 5.36. The molecule has 0 aliphatic heterocycles. The fourth-order valence-corrected chi connectivity index (χ4v) is 2.05. The van der Waals surface area contributed by atoms with Crippen LogP contribution in [0.25, 0.3) is 0 Å². The quantitative estimate of drug-likeness (QED) is 0.810. The molecule has 0 radical (unpaired) electrons. The Balaban J connectivity index is 2.81. The average Bonchev–Trinajstić information content (AvgIpc) is 2.41. The van der Waals surface area contributed by atoms with Gasteiger partial charge in [-0.1, -0.05) is 31.5 Å². The van der Waals surface area contributed by atoms with Crippen LogP contribution in [0, 0.1) is 6.92 Å². The maximum Gasteiger partial charge on any atom is 0.124 e. The third-order valence-corrected chi connectivity index (χ3v) is 3.63. The summed E-state index contributed by atoms with van der Waals surface area (Å²) in [5, 5.41) is 0. The Kier molecular flexibility index (Phi) is 5.63. The molecule has 0 saturated heterocycles. The maximum absolute atomic E-state index is 6.06. The van der Waals surface area contributed by atoms with Crippen LogP contribution in [0.15, 0.2) is 18.2 Å². The highest BCUT2D eigenvalue weighted by Crippen LogP contribution is 2.25. The number of hydrogen-bond donors (Lipinski definition) is 1. The Morgan fingerprint density at radius 2 is 1.89 bits per heavy atom. The molecule has 0 unspecified atom stereocenters. The van der Waals surface area contributed by atoms with E-state index in [2.05, 4.69) is 26.8 Å². The van der Waals surface area contributed by atoms with Gasteiger partial charge in [0.05, 0.1) is 19.3 Å². The smallest absolute Gasteiger partial charge is 0.124 e. The van der Waals surface area contributed by atoms with Gasteiger partial charge in [-0.15, -0.1) is 0 Å². The molecule has 0 heterocycles. The summed E-state index contributed by atoms with van der Waals surface area (Å²) in [6.07, 6.45) is 1.85. The first kappa shape index (κ1) is 15.0. The first-order chi connectivity index (χ1) is 8.60. The molecule has 0 bridgehead atoms. The zero-order valence-electron chi connectivity index (χ0n) is 12.0. The number of ether oxygens (including phenoxy) is 2. The van der Waals surface area contributed by atoms with E-state index in [9.17, 15) is 0 Å². The molecule has 0 aliphatic rings. The zero-order valence-corrected chi connectivity index (χ0v) is 12.0. The van der Waals surface area contributed by atoms with E-state index >= 15 is 0 Å². The van der Waals surface area contributed by atoms with Crippen LogP contribution in [-0.2, 0) is 11.3 Å². The largest absolute Gasteiger partial charge is 0.496 e. The number of rotatable bonds is 7. The Morgan fingerprint density at radius 3 is 2.39 bits per heavy atom. The lowest BCUT2D eigenvalue weighted by Gasteiger charge is -2.30. The van der Waals surface area contributed by atoms with E-state index in [1.165, 1.54) is 5.56 Å². The molecule has 3 nitrogen and oxygen atoms in total. The van der Waals surface area contributed by atoms with Crippen LogP contribution >= 0.6 is 0 Å². The van der Waals surface area contributed by atoms with Gasteiger partial charge in [0.25, 0.3) is 0 Å². The van der Waals surface area contributed by atoms with Crippen molar-refractivity contribution in [3.63, 3.8) is 0 Å². The van der Waals surface area contributed by atoms with Crippen molar-refractivity contribution in [2.24, 2.45) is 5.73 Å². The number of methoxy groups -OCH3 is 1. The molecular weight excluding hydrogens is 226 g/mol. The van der Waals surface area contributed by atoms with Gasteiger partial charge in [-0.05, 0) is 25.8 Å². The van der Waals surface area contributed by atoms with Gasteiger partial charge in [-0.2, -0.15) is 0 Å². The summed E-state index contributed by atoms with van der Waals surface area (Å²) in [7, 11) is 1.68. The standard InChI is InChI=1S/C15H25NO2/c1-5-15(6-2,11-16)18-10-13-9-12(3)7-8-14(13)17-4/h7-9H,5-6,10-11,16H2,1-4H3. The fraction of sp³-hybridized carbons (Fsp3) is 0.600. The van der Waals surface area contributed by atoms with Crippen molar-refractivity contribution in [3.8, 4) is 5.75 Å². The van der Waals surface area contributed by atoms with E-state index in [0.29, 0.717) is 13.2 Å². The van der Waals surface area contributed by atoms with Gasteiger partial charge in [-0.25, -0.2) is 0 Å². The number of benzene rings is 1. The van der Waals surface area contributed by atoms with Gasteiger partial charge in [-0.3, -0.25) is 0 Å². The molecule has 3 heteroatoms. The van der Waals surface area contributed by atoms with Crippen molar-refractivity contribution in [1.82, 2.24) is 0 Å². The molecule has 0 amide bonds. The van der Waals surface area contributed by atoms with Gasteiger partial charge >= 0.3 is 0 Å². The Bertz CT molecular complexity index is 364. The van der Waals surface area contributed by atoms with E-state index in [1.54, 1.807) is 7.11 Å². The second kappa shape index (κ2) is 6.76. The van der Waals surface area contributed by atoms with Crippen molar-refractivity contribution in [3.05, 3.63) is 29.3 Å². The molecule has 102 valence electrons. The topological polar surface area (TPSA) is 44.5 Å². The van der Waals surface area contributed by atoms with Crippen molar-refractivity contribution in [2.75, 3.05) is 13.7 Å². The molecule has 1 aromatic rings. The van der Waals surface area contributed by atoms with E-state index < -0.39 is 0 Å². The monoisotopic (exact) mass is 251 g/mol. The SMILES string of the molecule is CCC(CC)(CN)OCc1cc(C)ccc1OC. The summed E-state index contributed by atoms with van der Waals surface area (Å²) in [4.78, 5) is 0. The van der Waals surface area contributed by atoms with Gasteiger partial charge in [0.15, 0.2) is 0 Å². The van der Waals surface area contributed by atoms with Crippen molar-refractivity contribution in [2.45, 2.75) is 45.8 Å². The molecule has 2 N–H and O–H groups in total. The lowest BCUT2D eigenvalue weighted by atomic mass is 9.97. The Labute approximate surface area is 110 Å². The molecule has 18 heavy (non-hydrogen) atoms. The van der Waals surface area contributed by atoms with Crippen LogP contribution in [0.3, 0.4) is 0 Å². The van der Waals surface area contributed by atoms with Gasteiger partial charge < -0.3 is 15.2 Å². The second-order valence-corrected chi connectivity index (χ2v) is 4.70. The number of aryl methyl sites for hydroxylation is 1. The molecule has 0 spiro atoms. The third-order valence-electron chi connectivity index (χ3n) is 3.63. The van der Waals surface area contributed by atoms with E-state index in [0.717, 1.165) is 24.2 Å². The minimum absolute atomic E-state index is 0.214. The van der Waals surface area contributed by atoms with Crippen molar-refractivity contribution < 1.29 is 9.47 Å². The van der Waals surface area contributed by atoms with Crippen LogP contribution in [0.2, 0.25) is 0 Å². The van der Waals surface area contributed by atoms with Crippen LogP contribution in [0.4, 0.5) is 0 Å². The summed E-state index contributed by atoms with van der Waals surface area (Å²) < 4.78 is 11.4. The zero-order chi connectivity index (χ0) is 13.6. The average molecular weight is 251 g/mol. The fourth-order valence-electron chi connectivity index (χ4n) is 2.05. The molecule has 0 aliphatic carbocycles. The first-order valence-corrected chi connectivity index (χ1v) is 6.58. The lowest BCUT2D eigenvalue weighted by Crippen LogP contribution is -2.39. The molecule has 1 rings (SSSR count). The predicted molar refractivity (Wildman–Crippen MR) is 74.9 cm³/mol. The van der Waals surface area contributed by atoms with E-state index in [1.807, 2.05) is 12.1 Å². The molecule has 0 saturated carbocycles. The normalized spacial score (nSPS) is 11.6. The van der Waals surface area contributed by atoms with E-state index in [4.69, 9.17) is 15.2 Å².